The predicted octanol–water partition coefficient (Wildman–Crippen LogP) is 0.305. The Morgan fingerprint density at radius 3 is 2.56 bits per heavy atom. The summed E-state index contributed by atoms with van der Waals surface area (Å²) in [5.74, 6) is -1.11. The van der Waals surface area contributed by atoms with Gasteiger partial charge in [-0.05, 0) is 19.1 Å². The second-order valence-electron chi connectivity index (χ2n) is 3.82. The summed E-state index contributed by atoms with van der Waals surface area (Å²) in [6, 6.07) is 3.02. The maximum absolute atomic E-state index is 12.0. The number of carbonyl (C=O) groups excluding carboxylic acids is 1. The van der Waals surface area contributed by atoms with Crippen molar-refractivity contribution in [3.8, 4) is 11.5 Å². The van der Waals surface area contributed by atoms with Crippen molar-refractivity contribution in [2.45, 2.75) is 13.0 Å². The van der Waals surface area contributed by atoms with Gasteiger partial charge in [0.15, 0.2) is 5.84 Å². The predicted molar refractivity (Wildman–Crippen MR) is 64.7 cm³/mol. The lowest BCUT2D eigenvalue weighted by Crippen LogP contribution is -2.43. The molecule has 0 saturated carbocycles. The number of phenolic OH excluding ortho intramolecular Hbond substituents is 2. The normalized spacial score (nSPS) is 13.1. The summed E-state index contributed by atoms with van der Waals surface area (Å²) >= 11 is 0. The second kappa shape index (κ2) is 5.26. The van der Waals surface area contributed by atoms with E-state index in [9.17, 15) is 9.90 Å². The first kappa shape index (κ1) is 13.6. The summed E-state index contributed by atoms with van der Waals surface area (Å²) in [4.78, 5) is 13.2. The molecule has 7 heteroatoms. The van der Waals surface area contributed by atoms with Crippen molar-refractivity contribution in [1.82, 2.24) is 4.90 Å². The molecular weight excluding hydrogens is 238 g/mol. The molecule has 0 spiro atoms. The number of carbonyl (C=O) groups is 1. The molecule has 1 atom stereocenters. The van der Waals surface area contributed by atoms with Crippen LogP contribution in [-0.4, -0.2) is 45.2 Å². The molecule has 1 amide bonds. The van der Waals surface area contributed by atoms with E-state index in [1.807, 2.05) is 0 Å². The minimum Gasteiger partial charge on any atom is -0.508 e. The number of nitrogens with two attached hydrogens (primary N) is 1. The van der Waals surface area contributed by atoms with Crippen LogP contribution in [0.25, 0.3) is 0 Å². The smallest absolute Gasteiger partial charge is 0.257 e. The molecule has 0 aliphatic heterocycles. The van der Waals surface area contributed by atoms with Crippen LogP contribution in [0, 0.1) is 0 Å². The van der Waals surface area contributed by atoms with Gasteiger partial charge in [0.25, 0.3) is 5.91 Å². The average molecular weight is 253 g/mol. The fourth-order valence-corrected chi connectivity index (χ4v) is 1.35. The van der Waals surface area contributed by atoms with E-state index in [2.05, 4.69) is 5.16 Å². The van der Waals surface area contributed by atoms with E-state index in [0.717, 1.165) is 6.07 Å². The van der Waals surface area contributed by atoms with Crippen LogP contribution in [-0.2, 0) is 0 Å². The summed E-state index contributed by atoms with van der Waals surface area (Å²) in [6.07, 6.45) is 0. The minimum absolute atomic E-state index is 0.0212. The van der Waals surface area contributed by atoms with Gasteiger partial charge >= 0.3 is 0 Å². The Hall–Kier alpha value is -2.44. The van der Waals surface area contributed by atoms with Crippen LogP contribution >= 0.6 is 0 Å². The first-order valence-electron chi connectivity index (χ1n) is 5.15. The first-order valence-corrected chi connectivity index (χ1v) is 5.15. The van der Waals surface area contributed by atoms with E-state index >= 15 is 0 Å². The van der Waals surface area contributed by atoms with Gasteiger partial charge in [0, 0.05) is 13.1 Å². The quantitative estimate of drug-likeness (QED) is 0.267. The van der Waals surface area contributed by atoms with E-state index in [4.69, 9.17) is 16.0 Å². The van der Waals surface area contributed by atoms with Gasteiger partial charge in [-0.15, -0.1) is 0 Å². The van der Waals surface area contributed by atoms with Crippen molar-refractivity contribution in [2.24, 2.45) is 10.9 Å². The van der Waals surface area contributed by atoms with E-state index in [0.29, 0.717) is 0 Å². The van der Waals surface area contributed by atoms with E-state index in [-0.39, 0.29) is 22.9 Å². The van der Waals surface area contributed by atoms with Crippen molar-refractivity contribution in [2.75, 3.05) is 7.05 Å². The third-order valence-corrected chi connectivity index (χ3v) is 2.66. The largest absolute Gasteiger partial charge is 0.508 e. The van der Waals surface area contributed by atoms with Crippen molar-refractivity contribution in [3.63, 3.8) is 0 Å². The summed E-state index contributed by atoms with van der Waals surface area (Å²) in [5.41, 5.74) is 5.42. The lowest BCUT2D eigenvalue weighted by atomic mass is 10.1. The van der Waals surface area contributed by atoms with Gasteiger partial charge in [0.05, 0.1) is 11.6 Å². The van der Waals surface area contributed by atoms with Crippen molar-refractivity contribution in [3.05, 3.63) is 23.8 Å². The average Bonchev–Trinajstić information content (AvgIpc) is 2.35. The van der Waals surface area contributed by atoms with Gasteiger partial charge in [-0.1, -0.05) is 5.16 Å². The molecule has 0 heterocycles. The molecule has 1 rings (SSSR count). The number of nitrogens with zero attached hydrogens (tertiary/aromatic N) is 2. The van der Waals surface area contributed by atoms with Crippen LogP contribution in [0.4, 0.5) is 0 Å². The van der Waals surface area contributed by atoms with Gasteiger partial charge in [-0.3, -0.25) is 4.79 Å². The molecule has 7 nitrogen and oxygen atoms in total. The Labute approximate surface area is 104 Å². The van der Waals surface area contributed by atoms with Gasteiger partial charge in [0.2, 0.25) is 0 Å². The molecule has 0 bridgehead atoms. The minimum atomic E-state index is -0.629. The van der Waals surface area contributed by atoms with Crippen LogP contribution < -0.4 is 5.73 Å². The maximum Gasteiger partial charge on any atom is 0.257 e. The molecule has 0 aliphatic carbocycles. The van der Waals surface area contributed by atoms with Crippen LogP contribution in [0.3, 0.4) is 0 Å². The number of hydrogen-bond donors (Lipinski definition) is 4. The lowest BCUT2D eigenvalue weighted by molar-refractivity contribution is 0.0773. The Kier molecular flexibility index (Phi) is 3.98. The molecular formula is C11H15N3O4. The third kappa shape index (κ3) is 2.62. The highest BCUT2D eigenvalue weighted by molar-refractivity contribution is 5.99. The number of likely N-dealkylation sites (N-methyl/N-ethyl adjacent to an activating group) is 1. The van der Waals surface area contributed by atoms with E-state index in [1.165, 1.54) is 24.1 Å². The number of amides is 1. The van der Waals surface area contributed by atoms with E-state index in [1.54, 1.807) is 6.92 Å². The fourth-order valence-electron chi connectivity index (χ4n) is 1.35. The zero-order valence-electron chi connectivity index (χ0n) is 10.0. The molecule has 1 unspecified atom stereocenters. The maximum atomic E-state index is 12.0. The summed E-state index contributed by atoms with van der Waals surface area (Å²) in [5, 5.41) is 30.1. The topological polar surface area (TPSA) is 119 Å². The van der Waals surface area contributed by atoms with Crippen molar-refractivity contribution < 1.29 is 20.2 Å². The number of hydrogen-bond acceptors (Lipinski definition) is 5. The number of phenols is 2. The summed E-state index contributed by atoms with van der Waals surface area (Å²) < 4.78 is 0. The highest BCUT2D eigenvalue weighted by Gasteiger charge is 2.22. The zero-order chi connectivity index (χ0) is 13.9. The third-order valence-electron chi connectivity index (χ3n) is 2.66. The van der Waals surface area contributed by atoms with Gasteiger partial charge in [-0.2, -0.15) is 0 Å². The molecule has 1 aromatic carbocycles. The molecule has 98 valence electrons. The standard InChI is InChI=1S/C11H15N3O4/c1-6(10(12)13-18)14(2)11(17)8-4-3-7(15)5-9(8)16/h3-6,15-16,18H,1-2H3,(H2,12,13). The lowest BCUT2D eigenvalue weighted by Gasteiger charge is -2.24. The van der Waals surface area contributed by atoms with Crippen LogP contribution in [0.1, 0.15) is 17.3 Å². The van der Waals surface area contributed by atoms with Crippen LogP contribution in [0.2, 0.25) is 0 Å². The summed E-state index contributed by atoms with van der Waals surface area (Å²) in [6.45, 7) is 1.57. The van der Waals surface area contributed by atoms with E-state index < -0.39 is 11.9 Å². The van der Waals surface area contributed by atoms with Gasteiger partial charge in [0.1, 0.15) is 11.5 Å². The number of oxime groups is 1. The zero-order valence-corrected chi connectivity index (χ0v) is 10.0. The van der Waals surface area contributed by atoms with Crippen molar-refractivity contribution in [1.29, 1.82) is 0 Å². The van der Waals surface area contributed by atoms with Crippen LogP contribution in [0.5, 0.6) is 11.5 Å². The molecule has 1 aromatic rings. The number of amidine groups is 1. The number of benzene rings is 1. The monoisotopic (exact) mass is 253 g/mol. The highest BCUT2D eigenvalue weighted by atomic mass is 16.4. The Bertz CT molecular complexity index is 487. The van der Waals surface area contributed by atoms with Crippen molar-refractivity contribution >= 4 is 11.7 Å². The Morgan fingerprint density at radius 1 is 1.44 bits per heavy atom. The SMILES string of the molecule is CC(/C(N)=N/O)N(C)C(=O)c1ccc(O)cc1O. The molecule has 0 saturated heterocycles. The molecule has 0 radical (unpaired) electrons. The summed E-state index contributed by atoms with van der Waals surface area (Å²) in [7, 11) is 1.46. The molecule has 0 aromatic heterocycles. The Morgan fingerprint density at radius 2 is 2.06 bits per heavy atom. The fraction of sp³-hybridized carbons (Fsp3) is 0.273. The first-order chi connectivity index (χ1) is 8.38. The second-order valence-corrected chi connectivity index (χ2v) is 3.82. The molecule has 0 aliphatic rings. The molecule has 0 fully saturated rings. The number of rotatable bonds is 3. The Balaban J connectivity index is 3.00. The number of aromatic hydroxyl groups is 2. The van der Waals surface area contributed by atoms with Crippen LogP contribution in [0.15, 0.2) is 23.4 Å². The highest BCUT2D eigenvalue weighted by Crippen LogP contribution is 2.24. The van der Waals surface area contributed by atoms with Gasteiger partial charge in [-0.25, -0.2) is 0 Å². The van der Waals surface area contributed by atoms with Gasteiger partial charge < -0.3 is 26.1 Å². The molecule has 18 heavy (non-hydrogen) atoms. The molecule has 5 N–H and O–H groups in total.